The standard InChI is InChI=1S/C18H19NO2S/c1-4-15-12-17-14(3)6-5-7-18(17)19(15)22(20,21)16-10-8-13(2)9-11-16/h4-11,15H,1,12H2,2-3H3. The third-order valence-corrected chi connectivity index (χ3v) is 6.04. The third-order valence-electron chi connectivity index (χ3n) is 4.19. The van der Waals surface area contributed by atoms with E-state index in [4.69, 9.17) is 0 Å². The number of aryl methyl sites for hydroxylation is 2. The van der Waals surface area contributed by atoms with E-state index >= 15 is 0 Å². The van der Waals surface area contributed by atoms with Crippen LogP contribution < -0.4 is 4.31 Å². The van der Waals surface area contributed by atoms with Crippen LogP contribution in [0.2, 0.25) is 0 Å². The van der Waals surface area contributed by atoms with Gasteiger partial charge in [0, 0.05) is 0 Å². The summed E-state index contributed by atoms with van der Waals surface area (Å²) in [6, 6.07) is 12.5. The van der Waals surface area contributed by atoms with Crippen LogP contribution in [0.5, 0.6) is 0 Å². The molecule has 0 amide bonds. The number of benzene rings is 2. The van der Waals surface area contributed by atoms with Gasteiger partial charge in [-0.1, -0.05) is 35.9 Å². The SMILES string of the molecule is C=CC1Cc2c(C)cccc2N1S(=O)(=O)c1ccc(C)cc1. The molecule has 0 radical (unpaired) electrons. The van der Waals surface area contributed by atoms with Crippen molar-refractivity contribution in [3.63, 3.8) is 0 Å². The highest BCUT2D eigenvalue weighted by molar-refractivity contribution is 7.92. The predicted octanol–water partition coefficient (Wildman–Crippen LogP) is 3.61. The highest BCUT2D eigenvalue weighted by Crippen LogP contribution is 2.38. The van der Waals surface area contributed by atoms with Gasteiger partial charge in [0.25, 0.3) is 10.0 Å². The molecule has 1 unspecified atom stereocenters. The van der Waals surface area contributed by atoms with Crippen molar-refractivity contribution in [3.05, 3.63) is 71.8 Å². The Morgan fingerprint density at radius 3 is 2.45 bits per heavy atom. The molecule has 1 atom stereocenters. The van der Waals surface area contributed by atoms with Gasteiger partial charge in [0.2, 0.25) is 0 Å². The number of hydrogen-bond acceptors (Lipinski definition) is 2. The Morgan fingerprint density at radius 1 is 1.14 bits per heavy atom. The summed E-state index contributed by atoms with van der Waals surface area (Å²) >= 11 is 0. The molecule has 0 saturated heterocycles. The number of nitrogens with zero attached hydrogens (tertiary/aromatic N) is 1. The summed E-state index contributed by atoms with van der Waals surface area (Å²) in [5.41, 5.74) is 4.01. The van der Waals surface area contributed by atoms with Crippen molar-refractivity contribution in [2.24, 2.45) is 0 Å². The van der Waals surface area contributed by atoms with Crippen molar-refractivity contribution in [1.82, 2.24) is 0 Å². The average Bonchev–Trinajstić information content (AvgIpc) is 2.88. The molecule has 3 nitrogen and oxygen atoms in total. The van der Waals surface area contributed by atoms with E-state index in [1.807, 2.05) is 44.2 Å². The fourth-order valence-corrected chi connectivity index (χ4v) is 4.59. The minimum atomic E-state index is -3.58. The molecule has 0 N–H and O–H groups in total. The maximum Gasteiger partial charge on any atom is 0.264 e. The number of sulfonamides is 1. The van der Waals surface area contributed by atoms with Crippen LogP contribution in [0.4, 0.5) is 5.69 Å². The molecular formula is C18H19NO2S. The van der Waals surface area contributed by atoms with Crippen molar-refractivity contribution in [1.29, 1.82) is 0 Å². The van der Waals surface area contributed by atoms with E-state index < -0.39 is 10.0 Å². The lowest BCUT2D eigenvalue weighted by Crippen LogP contribution is -2.36. The zero-order valence-electron chi connectivity index (χ0n) is 12.8. The predicted molar refractivity (Wildman–Crippen MR) is 89.7 cm³/mol. The van der Waals surface area contributed by atoms with Crippen molar-refractivity contribution in [3.8, 4) is 0 Å². The highest BCUT2D eigenvalue weighted by Gasteiger charge is 2.37. The van der Waals surface area contributed by atoms with Crippen LogP contribution in [-0.2, 0) is 16.4 Å². The molecular weight excluding hydrogens is 294 g/mol. The summed E-state index contributed by atoms with van der Waals surface area (Å²) in [5, 5.41) is 0. The second-order valence-corrected chi connectivity index (χ2v) is 7.51. The lowest BCUT2D eigenvalue weighted by molar-refractivity contribution is 0.588. The Labute approximate surface area is 132 Å². The molecule has 114 valence electrons. The summed E-state index contributed by atoms with van der Waals surface area (Å²) in [4.78, 5) is 0.319. The summed E-state index contributed by atoms with van der Waals surface area (Å²) < 4.78 is 27.6. The minimum Gasteiger partial charge on any atom is -0.259 e. The zero-order chi connectivity index (χ0) is 15.9. The van der Waals surface area contributed by atoms with Gasteiger partial charge >= 0.3 is 0 Å². The fraction of sp³-hybridized carbons (Fsp3) is 0.222. The quantitative estimate of drug-likeness (QED) is 0.812. The first kappa shape index (κ1) is 14.9. The van der Waals surface area contributed by atoms with Crippen LogP contribution in [0, 0.1) is 13.8 Å². The van der Waals surface area contributed by atoms with Gasteiger partial charge in [0.1, 0.15) is 0 Å². The Kier molecular flexibility index (Phi) is 3.57. The van der Waals surface area contributed by atoms with Gasteiger partial charge in [-0.05, 0) is 49.6 Å². The first-order chi connectivity index (χ1) is 10.4. The van der Waals surface area contributed by atoms with Crippen LogP contribution in [0.1, 0.15) is 16.7 Å². The van der Waals surface area contributed by atoms with E-state index in [2.05, 4.69) is 6.58 Å². The largest absolute Gasteiger partial charge is 0.264 e. The number of rotatable bonds is 3. The molecule has 0 saturated carbocycles. The van der Waals surface area contributed by atoms with E-state index in [1.165, 1.54) is 4.31 Å². The summed E-state index contributed by atoms with van der Waals surface area (Å²) in [7, 11) is -3.58. The first-order valence-electron chi connectivity index (χ1n) is 7.27. The molecule has 4 heteroatoms. The topological polar surface area (TPSA) is 37.4 Å². The van der Waals surface area contributed by atoms with Crippen molar-refractivity contribution >= 4 is 15.7 Å². The Bertz CT molecular complexity index is 823. The van der Waals surface area contributed by atoms with Gasteiger partial charge in [-0.2, -0.15) is 0 Å². The van der Waals surface area contributed by atoms with Crippen LogP contribution in [0.25, 0.3) is 0 Å². The second kappa shape index (κ2) is 5.29. The van der Waals surface area contributed by atoms with Crippen LogP contribution >= 0.6 is 0 Å². The summed E-state index contributed by atoms with van der Waals surface area (Å²) in [6.45, 7) is 7.78. The van der Waals surface area contributed by atoms with Crippen molar-refractivity contribution < 1.29 is 8.42 Å². The maximum atomic E-state index is 13.1. The molecule has 0 spiro atoms. The molecule has 3 rings (SSSR count). The molecule has 0 bridgehead atoms. The zero-order valence-corrected chi connectivity index (χ0v) is 13.6. The Balaban J connectivity index is 2.16. The lowest BCUT2D eigenvalue weighted by atomic mass is 10.0. The normalized spacial score (nSPS) is 17.4. The summed E-state index contributed by atoms with van der Waals surface area (Å²) in [6.07, 6.45) is 2.39. The number of fused-ring (bicyclic) bond motifs is 1. The van der Waals surface area contributed by atoms with Gasteiger partial charge < -0.3 is 0 Å². The molecule has 2 aromatic rings. The van der Waals surface area contributed by atoms with Gasteiger partial charge in [0.05, 0.1) is 16.6 Å². The van der Waals surface area contributed by atoms with E-state index in [0.29, 0.717) is 11.3 Å². The van der Waals surface area contributed by atoms with Crippen molar-refractivity contribution in [2.45, 2.75) is 31.2 Å². The molecule has 1 aliphatic heterocycles. The fourth-order valence-electron chi connectivity index (χ4n) is 2.94. The monoisotopic (exact) mass is 313 g/mol. The lowest BCUT2D eigenvalue weighted by Gasteiger charge is -2.25. The van der Waals surface area contributed by atoms with Crippen LogP contribution in [0.15, 0.2) is 60.0 Å². The third kappa shape index (κ3) is 2.24. The summed E-state index contributed by atoms with van der Waals surface area (Å²) in [5.74, 6) is 0. The number of hydrogen-bond donors (Lipinski definition) is 0. The van der Waals surface area contributed by atoms with Gasteiger partial charge in [-0.25, -0.2) is 8.42 Å². The average molecular weight is 313 g/mol. The van der Waals surface area contributed by atoms with E-state index in [-0.39, 0.29) is 6.04 Å². The van der Waals surface area contributed by atoms with Crippen LogP contribution in [-0.4, -0.2) is 14.5 Å². The molecule has 2 aromatic carbocycles. The molecule has 22 heavy (non-hydrogen) atoms. The van der Waals surface area contributed by atoms with Crippen molar-refractivity contribution in [2.75, 3.05) is 4.31 Å². The van der Waals surface area contributed by atoms with E-state index in [1.54, 1.807) is 18.2 Å². The van der Waals surface area contributed by atoms with E-state index in [0.717, 1.165) is 22.4 Å². The minimum absolute atomic E-state index is 0.234. The Morgan fingerprint density at radius 2 is 1.82 bits per heavy atom. The van der Waals surface area contributed by atoms with Gasteiger partial charge in [-0.3, -0.25) is 4.31 Å². The maximum absolute atomic E-state index is 13.1. The molecule has 0 aromatic heterocycles. The van der Waals surface area contributed by atoms with E-state index in [9.17, 15) is 8.42 Å². The Hall–Kier alpha value is -2.07. The molecule has 0 fully saturated rings. The highest BCUT2D eigenvalue weighted by atomic mass is 32.2. The van der Waals surface area contributed by atoms with Gasteiger partial charge in [0.15, 0.2) is 0 Å². The smallest absolute Gasteiger partial charge is 0.259 e. The van der Waals surface area contributed by atoms with Gasteiger partial charge in [-0.15, -0.1) is 6.58 Å². The molecule has 0 aliphatic carbocycles. The molecule has 1 heterocycles. The first-order valence-corrected chi connectivity index (χ1v) is 8.71. The molecule has 1 aliphatic rings. The number of anilines is 1. The van der Waals surface area contributed by atoms with Crippen LogP contribution in [0.3, 0.4) is 0 Å². The second-order valence-electron chi connectivity index (χ2n) is 5.69.